The molecule has 1 saturated carbocycles. The molecular formula is C21H28N4O4. The van der Waals surface area contributed by atoms with Crippen molar-refractivity contribution in [3.05, 3.63) is 47.7 Å². The minimum Gasteiger partial charge on any atom is -0.444 e. The molecule has 1 aromatic carbocycles. The van der Waals surface area contributed by atoms with Gasteiger partial charge in [-0.05, 0) is 45.6 Å². The molecule has 0 bridgehead atoms. The van der Waals surface area contributed by atoms with Crippen LogP contribution in [-0.2, 0) is 16.1 Å². The van der Waals surface area contributed by atoms with Crippen LogP contribution in [0.5, 0.6) is 0 Å². The number of H-pyrrole nitrogens is 1. The number of anilines is 1. The van der Waals surface area contributed by atoms with E-state index in [4.69, 9.17) is 9.47 Å². The normalized spacial score (nSPS) is 18.9. The molecule has 0 radical (unpaired) electrons. The molecular weight excluding hydrogens is 372 g/mol. The van der Waals surface area contributed by atoms with E-state index in [1.165, 1.54) is 0 Å². The van der Waals surface area contributed by atoms with Gasteiger partial charge >= 0.3 is 12.2 Å². The number of ether oxygens (including phenoxy) is 2. The standard InChI is InChI=1S/C21H28N4O4/c1-21(2,3)29-20(27)22-16-10-9-15(11-16)17-12-18(25-24-17)23-19(26)28-13-14-7-5-4-6-8-14/h4-8,12,15-16H,9-11,13H2,1-3H3,(H,22,27)(H2,23,24,25,26)/t15-,16+/m0/s1. The summed E-state index contributed by atoms with van der Waals surface area (Å²) in [5.41, 5.74) is 1.33. The van der Waals surface area contributed by atoms with Crippen LogP contribution in [0.2, 0.25) is 0 Å². The van der Waals surface area contributed by atoms with Gasteiger partial charge in [-0.25, -0.2) is 9.59 Å². The first-order valence-electron chi connectivity index (χ1n) is 9.81. The molecule has 1 fully saturated rings. The van der Waals surface area contributed by atoms with Gasteiger partial charge in [0, 0.05) is 23.7 Å². The molecule has 2 amide bonds. The van der Waals surface area contributed by atoms with Crippen LogP contribution in [0, 0.1) is 0 Å². The van der Waals surface area contributed by atoms with Gasteiger partial charge < -0.3 is 14.8 Å². The monoisotopic (exact) mass is 400 g/mol. The van der Waals surface area contributed by atoms with Crippen molar-refractivity contribution >= 4 is 18.0 Å². The molecule has 1 aliphatic rings. The third-order valence-corrected chi connectivity index (χ3v) is 4.63. The topological polar surface area (TPSA) is 105 Å². The van der Waals surface area contributed by atoms with Gasteiger partial charge in [-0.3, -0.25) is 10.4 Å². The first-order chi connectivity index (χ1) is 13.8. The van der Waals surface area contributed by atoms with E-state index in [-0.39, 0.29) is 18.6 Å². The van der Waals surface area contributed by atoms with Gasteiger partial charge in [0.1, 0.15) is 12.2 Å². The highest BCUT2D eigenvalue weighted by Crippen LogP contribution is 2.34. The van der Waals surface area contributed by atoms with Gasteiger partial charge in [0.25, 0.3) is 0 Å². The summed E-state index contributed by atoms with van der Waals surface area (Å²) in [6, 6.07) is 11.3. The SMILES string of the molecule is CC(C)(C)OC(=O)N[C@@H]1CC[C@H](c2cc(NC(=O)OCc3ccccc3)n[nH]2)C1. The van der Waals surface area contributed by atoms with Gasteiger partial charge in [-0.15, -0.1) is 0 Å². The predicted octanol–water partition coefficient (Wildman–Crippen LogP) is 4.32. The quantitative estimate of drug-likeness (QED) is 0.693. The molecule has 29 heavy (non-hydrogen) atoms. The minimum atomic E-state index is -0.553. The summed E-state index contributed by atoms with van der Waals surface area (Å²) in [6.07, 6.45) is 1.63. The Morgan fingerprint density at radius 1 is 1.17 bits per heavy atom. The molecule has 8 heteroatoms. The van der Waals surface area contributed by atoms with Crippen molar-refractivity contribution < 1.29 is 19.1 Å². The molecule has 1 heterocycles. The molecule has 8 nitrogen and oxygen atoms in total. The number of rotatable bonds is 5. The van der Waals surface area contributed by atoms with Crippen molar-refractivity contribution in [2.75, 3.05) is 5.32 Å². The second kappa shape index (κ2) is 8.98. The zero-order valence-electron chi connectivity index (χ0n) is 17.0. The van der Waals surface area contributed by atoms with Gasteiger partial charge in [0.05, 0.1) is 0 Å². The number of aromatic nitrogens is 2. The van der Waals surface area contributed by atoms with Crippen molar-refractivity contribution in [1.29, 1.82) is 0 Å². The van der Waals surface area contributed by atoms with Crippen molar-refractivity contribution in [1.82, 2.24) is 15.5 Å². The van der Waals surface area contributed by atoms with E-state index in [9.17, 15) is 9.59 Å². The summed E-state index contributed by atoms with van der Waals surface area (Å²) < 4.78 is 10.5. The summed E-state index contributed by atoms with van der Waals surface area (Å²) in [4.78, 5) is 23.9. The number of hydrogen-bond acceptors (Lipinski definition) is 5. The summed E-state index contributed by atoms with van der Waals surface area (Å²) >= 11 is 0. The number of amides is 2. The van der Waals surface area contributed by atoms with Crippen LogP contribution in [0.1, 0.15) is 57.2 Å². The lowest BCUT2D eigenvalue weighted by molar-refractivity contribution is 0.0505. The van der Waals surface area contributed by atoms with Crippen LogP contribution in [0.3, 0.4) is 0 Å². The lowest BCUT2D eigenvalue weighted by atomic mass is 10.0. The van der Waals surface area contributed by atoms with Crippen LogP contribution in [0.25, 0.3) is 0 Å². The maximum atomic E-state index is 12.0. The van der Waals surface area contributed by atoms with Crippen LogP contribution in [0.4, 0.5) is 15.4 Å². The first kappa shape index (κ1) is 20.7. The highest BCUT2D eigenvalue weighted by atomic mass is 16.6. The number of nitrogens with one attached hydrogen (secondary N) is 3. The predicted molar refractivity (Wildman–Crippen MR) is 109 cm³/mol. The van der Waals surface area contributed by atoms with E-state index in [1.807, 2.05) is 57.2 Å². The van der Waals surface area contributed by atoms with E-state index < -0.39 is 17.8 Å². The van der Waals surface area contributed by atoms with E-state index in [1.54, 1.807) is 0 Å². The Kier molecular flexibility index (Phi) is 6.41. The van der Waals surface area contributed by atoms with Crippen molar-refractivity contribution in [3.8, 4) is 0 Å². The minimum absolute atomic E-state index is 0.0606. The molecule has 3 rings (SSSR count). The van der Waals surface area contributed by atoms with E-state index in [0.717, 1.165) is 30.5 Å². The van der Waals surface area contributed by atoms with Crippen LogP contribution in [-0.4, -0.2) is 34.0 Å². The Bertz CT molecular complexity index is 829. The van der Waals surface area contributed by atoms with E-state index in [2.05, 4.69) is 20.8 Å². The number of nitrogens with zero attached hydrogens (tertiary/aromatic N) is 1. The molecule has 0 aliphatic heterocycles. The highest BCUT2D eigenvalue weighted by molar-refractivity contribution is 5.83. The summed E-state index contributed by atoms with van der Waals surface area (Å²) in [6.45, 7) is 5.72. The lowest BCUT2D eigenvalue weighted by Crippen LogP contribution is -2.37. The number of aromatic amines is 1. The molecule has 0 unspecified atom stereocenters. The Morgan fingerprint density at radius 3 is 2.66 bits per heavy atom. The molecule has 1 aliphatic carbocycles. The van der Waals surface area contributed by atoms with Gasteiger partial charge in [0.2, 0.25) is 0 Å². The lowest BCUT2D eigenvalue weighted by Gasteiger charge is -2.21. The smallest absolute Gasteiger partial charge is 0.413 e. The van der Waals surface area contributed by atoms with Crippen LogP contribution in [0.15, 0.2) is 36.4 Å². The third kappa shape index (κ3) is 6.51. The van der Waals surface area contributed by atoms with E-state index >= 15 is 0 Å². The second-order valence-corrected chi connectivity index (χ2v) is 8.25. The molecule has 156 valence electrons. The molecule has 2 atom stereocenters. The summed E-state index contributed by atoms with van der Waals surface area (Å²) in [7, 11) is 0. The maximum absolute atomic E-state index is 12.0. The molecule has 0 spiro atoms. The number of alkyl carbamates (subject to hydrolysis) is 1. The van der Waals surface area contributed by atoms with E-state index in [0.29, 0.717) is 5.82 Å². The largest absolute Gasteiger partial charge is 0.444 e. The molecule has 0 saturated heterocycles. The van der Waals surface area contributed by atoms with Crippen molar-refractivity contribution in [2.24, 2.45) is 0 Å². The van der Waals surface area contributed by atoms with Gasteiger partial charge in [0.15, 0.2) is 5.82 Å². The Balaban J connectivity index is 1.45. The number of hydrogen-bond donors (Lipinski definition) is 3. The number of carbonyl (C=O) groups excluding carboxylic acids is 2. The zero-order chi connectivity index (χ0) is 20.9. The van der Waals surface area contributed by atoms with Gasteiger partial charge in [-0.2, -0.15) is 5.10 Å². The number of benzene rings is 1. The molecule has 3 N–H and O–H groups in total. The Morgan fingerprint density at radius 2 is 1.93 bits per heavy atom. The fourth-order valence-corrected chi connectivity index (χ4v) is 3.34. The Hall–Kier alpha value is -3.03. The molecule has 1 aromatic heterocycles. The van der Waals surface area contributed by atoms with Crippen LogP contribution >= 0.6 is 0 Å². The second-order valence-electron chi connectivity index (χ2n) is 8.25. The maximum Gasteiger partial charge on any atom is 0.413 e. The highest BCUT2D eigenvalue weighted by Gasteiger charge is 2.29. The Labute approximate surface area is 170 Å². The molecule has 2 aromatic rings. The third-order valence-electron chi connectivity index (χ3n) is 4.63. The number of carbonyl (C=O) groups is 2. The van der Waals surface area contributed by atoms with Gasteiger partial charge in [-0.1, -0.05) is 30.3 Å². The summed E-state index contributed by atoms with van der Waals surface area (Å²) in [5, 5.41) is 12.7. The average molecular weight is 400 g/mol. The fourth-order valence-electron chi connectivity index (χ4n) is 3.34. The van der Waals surface area contributed by atoms with Crippen LogP contribution < -0.4 is 10.6 Å². The summed E-state index contributed by atoms with van der Waals surface area (Å²) in [5.74, 6) is 0.653. The average Bonchev–Trinajstić information content (AvgIpc) is 3.28. The van der Waals surface area contributed by atoms with Crippen molar-refractivity contribution in [2.45, 2.75) is 64.2 Å². The first-order valence-corrected chi connectivity index (χ1v) is 9.81. The fraction of sp³-hybridized carbons (Fsp3) is 0.476. The zero-order valence-corrected chi connectivity index (χ0v) is 17.0. The van der Waals surface area contributed by atoms with Crippen molar-refractivity contribution in [3.63, 3.8) is 0 Å².